The van der Waals surface area contributed by atoms with Gasteiger partial charge in [0, 0.05) is 0 Å². The van der Waals surface area contributed by atoms with Crippen LogP contribution in [-0.2, 0) is 6.42 Å². The number of rotatable bonds is 8. The molecule has 1 aromatic rings. The van der Waals surface area contributed by atoms with E-state index in [4.69, 9.17) is 0 Å². The maximum atomic E-state index is 3.55. The van der Waals surface area contributed by atoms with E-state index in [1.165, 1.54) is 43.2 Å². The molecular weight excluding hydrogens is 312 g/mol. The lowest BCUT2D eigenvalue weighted by atomic mass is 10.1. The van der Waals surface area contributed by atoms with Crippen molar-refractivity contribution in [2.45, 2.75) is 93.4 Å². The minimum absolute atomic E-state index is 0.997. The van der Waals surface area contributed by atoms with Gasteiger partial charge in [0.1, 0.15) is 0 Å². The van der Waals surface area contributed by atoms with Gasteiger partial charge in [-0.15, -0.1) is 6.58 Å². The van der Waals surface area contributed by atoms with Crippen LogP contribution in [0, 0.1) is 0 Å². The fraction of sp³-hybridized carbons (Fsp3) is 0.538. The summed E-state index contributed by atoms with van der Waals surface area (Å²) in [5, 5.41) is 0. The molecule has 0 unspecified atom stereocenters. The zero-order valence-corrected chi connectivity index (χ0v) is 18.9. The molecule has 0 heteroatoms. The highest BCUT2D eigenvalue weighted by atomic mass is 13.9. The van der Waals surface area contributed by atoms with E-state index in [1.54, 1.807) is 0 Å². The van der Waals surface area contributed by atoms with E-state index in [9.17, 15) is 0 Å². The smallest absolute Gasteiger partial charge is 0.0172 e. The van der Waals surface area contributed by atoms with Crippen LogP contribution < -0.4 is 0 Å². The van der Waals surface area contributed by atoms with Crippen LogP contribution >= 0.6 is 0 Å². The summed E-state index contributed by atoms with van der Waals surface area (Å²) in [6.45, 7) is 18.4. The molecule has 0 N–H and O–H groups in total. The Labute approximate surface area is 166 Å². The highest BCUT2D eigenvalue weighted by Crippen LogP contribution is 2.07. The van der Waals surface area contributed by atoms with E-state index in [0.29, 0.717) is 0 Å². The van der Waals surface area contributed by atoms with Crippen LogP contribution in [-0.4, -0.2) is 0 Å². The molecule has 0 aliphatic heterocycles. The fourth-order valence-electron chi connectivity index (χ4n) is 1.84. The van der Waals surface area contributed by atoms with E-state index in [-0.39, 0.29) is 0 Å². The Bertz CT molecular complexity index is 404. The van der Waals surface area contributed by atoms with Crippen molar-refractivity contribution in [1.82, 2.24) is 0 Å². The third kappa shape index (κ3) is 24.7. The Hall–Kier alpha value is -1.56. The molecule has 0 fully saturated rings. The van der Waals surface area contributed by atoms with E-state index < -0.39 is 0 Å². The maximum Gasteiger partial charge on any atom is -0.0172 e. The number of hydrogen-bond donors (Lipinski definition) is 0. The second-order valence-corrected chi connectivity index (χ2v) is 5.73. The molecule has 1 rings (SSSR count). The number of aryl methyl sites for hydroxylation is 1. The Morgan fingerprint density at radius 2 is 1.42 bits per heavy atom. The molecule has 0 saturated heterocycles. The van der Waals surface area contributed by atoms with Crippen LogP contribution in [0.5, 0.6) is 0 Å². The van der Waals surface area contributed by atoms with Gasteiger partial charge < -0.3 is 0 Å². The molecule has 0 aliphatic carbocycles. The lowest BCUT2D eigenvalue weighted by molar-refractivity contribution is 0.772. The SMILES string of the molecule is C=CC/C=C\C.CC.CCC/C=C/c1ccc(CC)cc1.CCCCC. The van der Waals surface area contributed by atoms with Crippen molar-refractivity contribution < 1.29 is 0 Å². The largest absolute Gasteiger partial charge is 0.103 e. The van der Waals surface area contributed by atoms with Gasteiger partial charge in [-0.05, 0) is 37.3 Å². The van der Waals surface area contributed by atoms with E-state index in [0.717, 1.165) is 12.8 Å². The van der Waals surface area contributed by atoms with Gasteiger partial charge in [0.2, 0.25) is 0 Å². The van der Waals surface area contributed by atoms with Crippen LogP contribution in [0.15, 0.2) is 55.1 Å². The van der Waals surface area contributed by atoms with Gasteiger partial charge in [0.05, 0.1) is 0 Å². The molecule has 150 valence electrons. The molecule has 0 spiro atoms. The Kier molecular flexibility index (Phi) is 31.7. The first-order valence-electron chi connectivity index (χ1n) is 10.7. The standard InChI is InChI=1S/C13H18.C6H10.C5H12.C2H6/c1-3-5-6-7-13-10-8-12(4-2)9-11-13;1-3-5-6-4-2;1-3-5-4-2;1-2/h6-11H,3-5H2,1-2H3;3-4,6H,1,5H2,2H3;3-5H2,1-2H3;1-2H3/b7-6+;6-4-;;. The summed E-state index contributed by atoms with van der Waals surface area (Å²) >= 11 is 0. The summed E-state index contributed by atoms with van der Waals surface area (Å²) in [7, 11) is 0. The van der Waals surface area contributed by atoms with Crippen LogP contribution in [0.4, 0.5) is 0 Å². The highest BCUT2D eigenvalue weighted by Gasteiger charge is 1.88. The van der Waals surface area contributed by atoms with Crippen molar-refractivity contribution >= 4 is 6.08 Å². The van der Waals surface area contributed by atoms with Crippen molar-refractivity contribution in [2.75, 3.05) is 0 Å². The minimum atomic E-state index is 0.997. The topological polar surface area (TPSA) is 0 Å². The number of unbranched alkanes of at least 4 members (excludes halogenated alkanes) is 3. The molecule has 0 amide bonds. The first kappa shape index (κ1) is 29.2. The molecular formula is C26H46. The summed E-state index contributed by atoms with van der Waals surface area (Å²) in [4.78, 5) is 0. The first-order valence-corrected chi connectivity index (χ1v) is 10.7. The summed E-state index contributed by atoms with van der Waals surface area (Å²) in [6.07, 6.45) is 19.0. The van der Waals surface area contributed by atoms with Crippen LogP contribution in [0.3, 0.4) is 0 Å². The van der Waals surface area contributed by atoms with Gasteiger partial charge in [-0.3, -0.25) is 0 Å². The third-order valence-corrected chi connectivity index (χ3v) is 3.40. The average Bonchev–Trinajstić information content (AvgIpc) is 2.70. The number of allylic oxidation sites excluding steroid dienone is 4. The normalized spacial score (nSPS) is 9.50. The third-order valence-electron chi connectivity index (χ3n) is 3.40. The zero-order valence-electron chi connectivity index (χ0n) is 18.9. The van der Waals surface area contributed by atoms with Crippen molar-refractivity contribution in [3.05, 3.63) is 66.3 Å². The van der Waals surface area contributed by atoms with Crippen molar-refractivity contribution in [1.29, 1.82) is 0 Å². The first-order chi connectivity index (χ1) is 12.7. The van der Waals surface area contributed by atoms with Gasteiger partial charge in [-0.1, -0.05) is 122 Å². The summed E-state index contributed by atoms with van der Waals surface area (Å²) in [6, 6.07) is 8.77. The Morgan fingerprint density at radius 3 is 1.73 bits per heavy atom. The number of benzene rings is 1. The van der Waals surface area contributed by atoms with Crippen molar-refractivity contribution in [3.8, 4) is 0 Å². The summed E-state index contributed by atoms with van der Waals surface area (Å²) in [5.74, 6) is 0. The fourth-order valence-corrected chi connectivity index (χ4v) is 1.84. The molecule has 0 atom stereocenters. The molecule has 0 heterocycles. The number of hydrogen-bond acceptors (Lipinski definition) is 0. The predicted octanol–water partition coefficient (Wildman–Crippen LogP) is 9.42. The summed E-state index contributed by atoms with van der Waals surface area (Å²) in [5.41, 5.74) is 2.72. The van der Waals surface area contributed by atoms with Gasteiger partial charge in [0.25, 0.3) is 0 Å². The molecule has 0 saturated carbocycles. The second kappa shape index (κ2) is 28.3. The van der Waals surface area contributed by atoms with Gasteiger partial charge in [-0.25, -0.2) is 0 Å². The monoisotopic (exact) mass is 358 g/mol. The van der Waals surface area contributed by atoms with E-state index >= 15 is 0 Å². The lowest BCUT2D eigenvalue weighted by Gasteiger charge is -1.96. The molecule has 0 nitrogen and oxygen atoms in total. The average molecular weight is 359 g/mol. The van der Waals surface area contributed by atoms with Gasteiger partial charge in [0.15, 0.2) is 0 Å². The molecule has 0 radical (unpaired) electrons. The maximum absolute atomic E-state index is 3.55. The van der Waals surface area contributed by atoms with Gasteiger partial charge in [-0.2, -0.15) is 0 Å². The molecule has 0 bridgehead atoms. The van der Waals surface area contributed by atoms with Crippen LogP contribution in [0.2, 0.25) is 0 Å². The van der Waals surface area contributed by atoms with Crippen LogP contribution in [0.1, 0.15) is 98.1 Å². The quantitative estimate of drug-likeness (QED) is 0.406. The van der Waals surface area contributed by atoms with Gasteiger partial charge >= 0.3 is 0 Å². The molecule has 0 aromatic heterocycles. The van der Waals surface area contributed by atoms with Crippen LogP contribution in [0.25, 0.3) is 6.08 Å². The molecule has 26 heavy (non-hydrogen) atoms. The minimum Gasteiger partial charge on any atom is -0.103 e. The second-order valence-electron chi connectivity index (χ2n) is 5.73. The predicted molar refractivity (Wildman–Crippen MR) is 126 cm³/mol. The zero-order chi connectivity index (χ0) is 20.5. The van der Waals surface area contributed by atoms with Crippen molar-refractivity contribution in [2.24, 2.45) is 0 Å². The summed E-state index contributed by atoms with van der Waals surface area (Å²) < 4.78 is 0. The Balaban J connectivity index is -0.000000341. The van der Waals surface area contributed by atoms with E-state index in [1.807, 2.05) is 32.9 Å². The van der Waals surface area contributed by atoms with E-state index in [2.05, 4.69) is 76.8 Å². The molecule has 0 aliphatic rings. The van der Waals surface area contributed by atoms with Crippen molar-refractivity contribution in [3.63, 3.8) is 0 Å². The Morgan fingerprint density at radius 1 is 0.846 bits per heavy atom. The molecule has 1 aromatic carbocycles. The lowest BCUT2D eigenvalue weighted by Crippen LogP contribution is -1.78. The highest BCUT2D eigenvalue weighted by molar-refractivity contribution is 5.49.